The minimum absolute atomic E-state index is 0.0204. The molecule has 3 rings (SSSR count). The maximum absolute atomic E-state index is 12.9. The summed E-state index contributed by atoms with van der Waals surface area (Å²) in [4.78, 5) is 26.3. The number of carbonyl (C=O) groups is 2. The van der Waals surface area contributed by atoms with Crippen molar-refractivity contribution in [1.29, 1.82) is 0 Å². The Hall–Kier alpha value is -2.69. The molecule has 0 spiro atoms. The molecule has 1 fully saturated rings. The molecule has 0 aromatic heterocycles. The Kier molecular flexibility index (Phi) is 5.66. The molecule has 1 atom stereocenters. The maximum Gasteiger partial charge on any atom is 0.227 e. The Labute approximate surface area is 153 Å². The minimum atomic E-state index is -0.332. The number of amides is 2. The molecular formula is C21H23FN2O2. The highest BCUT2D eigenvalue weighted by atomic mass is 19.1. The van der Waals surface area contributed by atoms with Crippen molar-refractivity contribution in [1.82, 2.24) is 5.32 Å². The number of halogens is 1. The van der Waals surface area contributed by atoms with Gasteiger partial charge < -0.3 is 10.2 Å². The Morgan fingerprint density at radius 2 is 1.77 bits per heavy atom. The summed E-state index contributed by atoms with van der Waals surface area (Å²) < 4.78 is 12.9. The van der Waals surface area contributed by atoms with Crippen LogP contribution in [-0.2, 0) is 22.4 Å². The van der Waals surface area contributed by atoms with Crippen molar-refractivity contribution in [2.75, 3.05) is 18.0 Å². The summed E-state index contributed by atoms with van der Waals surface area (Å²) in [7, 11) is 0. The van der Waals surface area contributed by atoms with Crippen molar-refractivity contribution in [3.63, 3.8) is 0 Å². The van der Waals surface area contributed by atoms with Gasteiger partial charge in [-0.3, -0.25) is 9.59 Å². The maximum atomic E-state index is 12.9. The number of nitrogens with zero attached hydrogens (tertiary/aromatic N) is 1. The van der Waals surface area contributed by atoms with Gasteiger partial charge in [0.25, 0.3) is 0 Å². The van der Waals surface area contributed by atoms with Crippen LogP contribution in [0.3, 0.4) is 0 Å². The van der Waals surface area contributed by atoms with Crippen LogP contribution in [0.4, 0.5) is 10.1 Å². The summed E-state index contributed by atoms with van der Waals surface area (Å²) in [5.74, 6) is -0.725. The first kappa shape index (κ1) is 18.1. The van der Waals surface area contributed by atoms with Gasteiger partial charge in [0, 0.05) is 25.2 Å². The van der Waals surface area contributed by atoms with Crippen LogP contribution in [0, 0.1) is 11.7 Å². The number of rotatable bonds is 6. The molecule has 136 valence electrons. The fourth-order valence-electron chi connectivity index (χ4n) is 3.17. The number of aryl methyl sites for hydroxylation is 1. The second kappa shape index (κ2) is 8.13. The van der Waals surface area contributed by atoms with Crippen molar-refractivity contribution >= 4 is 17.5 Å². The van der Waals surface area contributed by atoms with Gasteiger partial charge in [-0.2, -0.15) is 0 Å². The zero-order valence-corrected chi connectivity index (χ0v) is 14.9. The molecule has 0 radical (unpaired) electrons. The number of carbonyl (C=O) groups excluding carboxylic acids is 2. The van der Waals surface area contributed by atoms with Crippen LogP contribution in [0.5, 0.6) is 0 Å². The fourth-order valence-corrected chi connectivity index (χ4v) is 3.17. The lowest BCUT2D eigenvalue weighted by molar-refractivity contribution is -0.126. The van der Waals surface area contributed by atoms with E-state index in [9.17, 15) is 14.0 Å². The summed E-state index contributed by atoms with van der Waals surface area (Å²) in [6.45, 7) is 2.97. The molecule has 5 heteroatoms. The van der Waals surface area contributed by atoms with Crippen LogP contribution in [0.2, 0.25) is 0 Å². The lowest BCUT2D eigenvalue weighted by atomic mass is 10.1. The molecule has 2 aromatic carbocycles. The average Bonchev–Trinajstić information content (AvgIpc) is 3.05. The van der Waals surface area contributed by atoms with Crippen molar-refractivity contribution < 1.29 is 14.0 Å². The van der Waals surface area contributed by atoms with E-state index >= 15 is 0 Å². The highest BCUT2D eigenvalue weighted by molar-refractivity contribution is 6.00. The van der Waals surface area contributed by atoms with Crippen molar-refractivity contribution in [2.24, 2.45) is 5.92 Å². The zero-order valence-electron chi connectivity index (χ0n) is 14.9. The van der Waals surface area contributed by atoms with E-state index in [2.05, 4.69) is 12.2 Å². The predicted molar refractivity (Wildman–Crippen MR) is 99.4 cm³/mol. The minimum Gasteiger partial charge on any atom is -0.355 e. The Bertz CT molecular complexity index is 772. The molecule has 0 aliphatic carbocycles. The second-order valence-electron chi connectivity index (χ2n) is 6.59. The molecule has 2 amide bonds. The number of hydrogen-bond donors (Lipinski definition) is 1. The summed E-state index contributed by atoms with van der Waals surface area (Å²) in [5.41, 5.74) is 3.02. The summed E-state index contributed by atoms with van der Waals surface area (Å²) in [6.07, 6.45) is 1.82. The second-order valence-corrected chi connectivity index (χ2v) is 6.59. The lowest BCUT2D eigenvalue weighted by Gasteiger charge is -2.17. The molecule has 1 heterocycles. The van der Waals surface area contributed by atoms with E-state index in [0.29, 0.717) is 19.5 Å². The van der Waals surface area contributed by atoms with E-state index in [1.807, 2.05) is 24.3 Å². The molecule has 26 heavy (non-hydrogen) atoms. The third-order valence-corrected chi connectivity index (χ3v) is 4.78. The van der Waals surface area contributed by atoms with Gasteiger partial charge in [0.1, 0.15) is 5.82 Å². The smallest absolute Gasteiger partial charge is 0.227 e. The summed E-state index contributed by atoms with van der Waals surface area (Å²) >= 11 is 0. The molecule has 1 aliphatic heterocycles. The summed E-state index contributed by atoms with van der Waals surface area (Å²) in [6, 6.07) is 14.1. The van der Waals surface area contributed by atoms with E-state index in [-0.39, 0.29) is 30.0 Å². The third-order valence-electron chi connectivity index (χ3n) is 4.78. The van der Waals surface area contributed by atoms with Gasteiger partial charge in [0.2, 0.25) is 11.8 Å². The topological polar surface area (TPSA) is 49.4 Å². The predicted octanol–water partition coefficient (Wildman–Crippen LogP) is 3.10. The highest BCUT2D eigenvalue weighted by Gasteiger charge is 2.34. The van der Waals surface area contributed by atoms with Crippen LogP contribution < -0.4 is 10.2 Å². The molecular weight excluding hydrogens is 331 g/mol. The van der Waals surface area contributed by atoms with Gasteiger partial charge in [0.15, 0.2) is 0 Å². The van der Waals surface area contributed by atoms with Crippen LogP contribution >= 0.6 is 0 Å². The lowest BCUT2D eigenvalue weighted by Crippen LogP contribution is -2.34. The monoisotopic (exact) mass is 354 g/mol. The van der Waals surface area contributed by atoms with Gasteiger partial charge in [0.05, 0.1) is 5.92 Å². The van der Waals surface area contributed by atoms with E-state index in [1.165, 1.54) is 17.7 Å². The average molecular weight is 354 g/mol. The van der Waals surface area contributed by atoms with Gasteiger partial charge in [-0.05, 0) is 48.2 Å². The zero-order chi connectivity index (χ0) is 18.5. The van der Waals surface area contributed by atoms with Crippen LogP contribution in [-0.4, -0.2) is 24.9 Å². The first-order valence-corrected chi connectivity index (χ1v) is 8.98. The Balaban J connectivity index is 1.52. The molecule has 0 bridgehead atoms. The van der Waals surface area contributed by atoms with E-state index in [1.54, 1.807) is 17.0 Å². The van der Waals surface area contributed by atoms with Gasteiger partial charge in [-0.25, -0.2) is 4.39 Å². The van der Waals surface area contributed by atoms with E-state index < -0.39 is 0 Å². The molecule has 1 N–H and O–H groups in total. The first-order valence-electron chi connectivity index (χ1n) is 8.98. The standard InChI is InChI=1S/C21H23FN2O2/c1-2-15-5-9-19(10-6-15)24-14-17(13-20(24)25)21(26)23-12-11-16-3-7-18(22)8-4-16/h3-10,17H,2,11-14H2,1H3,(H,23,26)/t17-/m0/s1. The van der Waals surface area contributed by atoms with Crippen LogP contribution in [0.25, 0.3) is 0 Å². The first-order chi connectivity index (χ1) is 12.6. The van der Waals surface area contributed by atoms with Crippen molar-refractivity contribution in [3.8, 4) is 0 Å². The number of anilines is 1. The van der Waals surface area contributed by atoms with Crippen LogP contribution in [0.15, 0.2) is 48.5 Å². The molecule has 1 aliphatic rings. The fraction of sp³-hybridized carbons (Fsp3) is 0.333. The number of benzene rings is 2. The molecule has 2 aromatic rings. The molecule has 4 nitrogen and oxygen atoms in total. The third kappa shape index (κ3) is 4.28. The Morgan fingerprint density at radius 3 is 2.42 bits per heavy atom. The Morgan fingerprint density at radius 1 is 1.12 bits per heavy atom. The van der Waals surface area contributed by atoms with Gasteiger partial charge >= 0.3 is 0 Å². The highest BCUT2D eigenvalue weighted by Crippen LogP contribution is 2.25. The van der Waals surface area contributed by atoms with E-state index in [4.69, 9.17) is 0 Å². The number of hydrogen-bond acceptors (Lipinski definition) is 2. The largest absolute Gasteiger partial charge is 0.355 e. The van der Waals surface area contributed by atoms with Crippen molar-refractivity contribution in [2.45, 2.75) is 26.2 Å². The van der Waals surface area contributed by atoms with Crippen LogP contribution in [0.1, 0.15) is 24.5 Å². The molecule has 0 saturated carbocycles. The summed E-state index contributed by atoms with van der Waals surface area (Å²) in [5, 5.41) is 2.89. The van der Waals surface area contributed by atoms with Gasteiger partial charge in [-0.15, -0.1) is 0 Å². The molecule has 1 saturated heterocycles. The van der Waals surface area contributed by atoms with Gasteiger partial charge in [-0.1, -0.05) is 31.2 Å². The van der Waals surface area contributed by atoms with E-state index in [0.717, 1.165) is 17.7 Å². The normalized spacial score (nSPS) is 16.8. The quantitative estimate of drug-likeness (QED) is 0.867. The molecule has 0 unspecified atom stereocenters. The number of nitrogens with one attached hydrogen (secondary N) is 1. The SMILES string of the molecule is CCc1ccc(N2C[C@@H](C(=O)NCCc3ccc(F)cc3)CC2=O)cc1. The van der Waals surface area contributed by atoms with Crippen molar-refractivity contribution in [3.05, 3.63) is 65.5 Å².